The third-order valence-corrected chi connectivity index (χ3v) is 4.27. The molecule has 0 radical (unpaired) electrons. The Bertz CT molecular complexity index is 729. The van der Waals surface area contributed by atoms with E-state index in [2.05, 4.69) is 24.5 Å². The zero-order valence-corrected chi connectivity index (χ0v) is 16.7. The van der Waals surface area contributed by atoms with E-state index in [0.717, 1.165) is 29.8 Å². The molecule has 27 heavy (non-hydrogen) atoms. The molecule has 2 aromatic rings. The maximum atomic E-state index is 12.1. The lowest BCUT2D eigenvalue weighted by atomic mass is 10.1. The molecule has 0 spiro atoms. The van der Waals surface area contributed by atoms with Crippen molar-refractivity contribution in [1.29, 1.82) is 0 Å². The van der Waals surface area contributed by atoms with Crippen molar-refractivity contribution in [1.82, 2.24) is 5.32 Å². The lowest BCUT2D eigenvalue weighted by Crippen LogP contribution is -2.24. The molecule has 1 amide bonds. The van der Waals surface area contributed by atoms with Crippen LogP contribution in [-0.2, 0) is 11.3 Å². The molecule has 2 aromatic carbocycles. The van der Waals surface area contributed by atoms with Crippen LogP contribution in [0.1, 0.15) is 38.3 Å². The summed E-state index contributed by atoms with van der Waals surface area (Å²) < 4.78 is 11.4. The van der Waals surface area contributed by atoms with E-state index in [1.165, 1.54) is 0 Å². The van der Waals surface area contributed by atoms with Crippen molar-refractivity contribution in [3.05, 3.63) is 53.6 Å². The molecule has 0 fully saturated rings. The molecule has 0 saturated carbocycles. The number of carbonyl (C=O) groups is 1. The molecule has 0 aliphatic heterocycles. The number of aryl methyl sites for hydroxylation is 1. The Morgan fingerprint density at radius 1 is 1.04 bits per heavy atom. The van der Waals surface area contributed by atoms with Crippen LogP contribution >= 0.6 is 0 Å². The Hall–Kier alpha value is -2.53. The van der Waals surface area contributed by atoms with Crippen LogP contribution in [0.15, 0.2) is 42.5 Å². The van der Waals surface area contributed by atoms with Crippen molar-refractivity contribution >= 4 is 11.6 Å². The molecule has 0 aliphatic rings. The second-order valence-electron chi connectivity index (χ2n) is 6.61. The van der Waals surface area contributed by atoms with Crippen molar-refractivity contribution in [3.8, 4) is 11.5 Å². The summed E-state index contributed by atoms with van der Waals surface area (Å²) in [5.74, 6) is 1.02. The summed E-state index contributed by atoms with van der Waals surface area (Å²) in [6, 6.07) is 13.9. The second-order valence-corrected chi connectivity index (χ2v) is 6.61. The van der Waals surface area contributed by atoms with E-state index in [1.54, 1.807) is 0 Å². The summed E-state index contributed by atoms with van der Waals surface area (Å²) in [4.78, 5) is 12.1. The Kier molecular flexibility index (Phi) is 8.14. The van der Waals surface area contributed by atoms with E-state index in [9.17, 15) is 4.79 Å². The first kappa shape index (κ1) is 20.8. The molecule has 146 valence electrons. The van der Waals surface area contributed by atoms with Gasteiger partial charge >= 0.3 is 0 Å². The molecule has 1 atom stereocenters. The van der Waals surface area contributed by atoms with Gasteiger partial charge in [-0.3, -0.25) is 4.79 Å². The molecule has 0 heterocycles. The predicted octanol–water partition coefficient (Wildman–Crippen LogP) is 4.30. The van der Waals surface area contributed by atoms with Crippen molar-refractivity contribution in [2.75, 3.05) is 18.5 Å². The van der Waals surface area contributed by atoms with Crippen LogP contribution in [0.5, 0.6) is 11.5 Å². The topological polar surface area (TPSA) is 59.6 Å². The molecule has 5 heteroatoms. The molecule has 0 bridgehead atoms. The summed E-state index contributed by atoms with van der Waals surface area (Å²) >= 11 is 0. The molecule has 0 aromatic heterocycles. The Morgan fingerprint density at radius 2 is 1.78 bits per heavy atom. The monoisotopic (exact) mass is 370 g/mol. The van der Waals surface area contributed by atoms with E-state index in [0.29, 0.717) is 24.1 Å². The minimum Gasteiger partial charge on any atom is -0.490 e. The number of rotatable bonds is 10. The first-order valence-electron chi connectivity index (χ1n) is 9.50. The number of hydrogen-bond acceptors (Lipinski definition) is 4. The quantitative estimate of drug-likeness (QED) is 0.655. The van der Waals surface area contributed by atoms with Gasteiger partial charge in [0, 0.05) is 18.3 Å². The third kappa shape index (κ3) is 6.94. The van der Waals surface area contributed by atoms with Crippen LogP contribution in [0.4, 0.5) is 5.69 Å². The van der Waals surface area contributed by atoms with E-state index in [1.807, 2.05) is 56.3 Å². The van der Waals surface area contributed by atoms with Gasteiger partial charge in [0.15, 0.2) is 18.1 Å². The van der Waals surface area contributed by atoms with Gasteiger partial charge in [0.05, 0.1) is 6.61 Å². The number of anilines is 1. The normalized spacial score (nSPS) is 11.7. The maximum absolute atomic E-state index is 12.1. The summed E-state index contributed by atoms with van der Waals surface area (Å²) in [5.41, 5.74) is 3.02. The summed E-state index contributed by atoms with van der Waals surface area (Å²) in [6.45, 7) is 9.48. The molecule has 1 unspecified atom stereocenters. The highest BCUT2D eigenvalue weighted by Crippen LogP contribution is 2.28. The van der Waals surface area contributed by atoms with Gasteiger partial charge in [-0.25, -0.2) is 0 Å². The van der Waals surface area contributed by atoms with Gasteiger partial charge in [-0.15, -0.1) is 0 Å². The average Bonchev–Trinajstić information content (AvgIpc) is 2.67. The van der Waals surface area contributed by atoms with E-state index in [-0.39, 0.29) is 12.5 Å². The standard InChI is InChI=1S/C22H30N2O3/c1-5-17(4)23-14-18-9-12-20(21(13-18)26-6-2)27-15-22(25)24-19-10-7-16(3)8-11-19/h7-13,17,23H,5-6,14-15H2,1-4H3,(H,24,25). The molecule has 0 saturated heterocycles. The molecule has 5 nitrogen and oxygen atoms in total. The van der Waals surface area contributed by atoms with Crippen LogP contribution in [-0.4, -0.2) is 25.2 Å². The maximum Gasteiger partial charge on any atom is 0.262 e. The van der Waals surface area contributed by atoms with Crippen molar-refractivity contribution in [2.45, 2.75) is 46.7 Å². The highest BCUT2D eigenvalue weighted by atomic mass is 16.5. The third-order valence-electron chi connectivity index (χ3n) is 4.27. The second kappa shape index (κ2) is 10.6. The predicted molar refractivity (Wildman–Crippen MR) is 110 cm³/mol. The molecule has 0 aliphatic carbocycles. The zero-order chi connectivity index (χ0) is 19.6. The fourth-order valence-corrected chi connectivity index (χ4v) is 2.46. The van der Waals surface area contributed by atoms with Crippen LogP contribution < -0.4 is 20.1 Å². The number of carbonyl (C=O) groups excluding carboxylic acids is 1. The molecular formula is C22H30N2O3. The minimum absolute atomic E-state index is 0.0710. The Balaban J connectivity index is 1.95. The Labute approximate surface area is 162 Å². The number of nitrogens with one attached hydrogen (secondary N) is 2. The molecule has 2 N–H and O–H groups in total. The van der Waals surface area contributed by atoms with Gasteiger partial charge in [0.2, 0.25) is 0 Å². The van der Waals surface area contributed by atoms with E-state index >= 15 is 0 Å². The smallest absolute Gasteiger partial charge is 0.262 e. The van der Waals surface area contributed by atoms with Crippen LogP contribution in [0.3, 0.4) is 0 Å². The SMILES string of the molecule is CCOc1cc(CNC(C)CC)ccc1OCC(=O)Nc1ccc(C)cc1. The van der Waals surface area contributed by atoms with Gasteiger partial charge < -0.3 is 20.1 Å². The number of amides is 1. The fraction of sp³-hybridized carbons (Fsp3) is 0.409. The van der Waals surface area contributed by atoms with Gasteiger partial charge in [-0.05, 0) is 57.0 Å². The van der Waals surface area contributed by atoms with Crippen molar-refractivity contribution in [2.24, 2.45) is 0 Å². The lowest BCUT2D eigenvalue weighted by Gasteiger charge is -2.15. The first-order valence-corrected chi connectivity index (χ1v) is 9.50. The number of benzene rings is 2. The Morgan fingerprint density at radius 3 is 2.44 bits per heavy atom. The van der Waals surface area contributed by atoms with Gasteiger partial charge in [0.25, 0.3) is 5.91 Å². The minimum atomic E-state index is -0.205. The summed E-state index contributed by atoms with van der Waals surface area (Å²) in [6.07, 6.45) is 1.08. The first-order chi connectivity index (χ1) is 13.0. The largest absolute Gasteiger partial charge is 0.490 e. The molecule has 2 rings (SSSR count). The van der Waals surface area contributed by atoms with Crippen molar-refractivity contribution in [3.63, 3.8) is 0 Å². The van der Waals surface area contributed by atoms with Crippen molar-refractivity contribution < 1.29 is 14.3 Å². The number of hydrogen-bond donors (Lipinski definition) is 2. The zero-order valence-electron chi connectivity index (χ0n) is 16.7. The van der Waals surface area contributed by atoms with Gasteiger partial charge in [-0.2, -0.15) is 0 Å². The van der Waals surface area contributed by atoms with Crippen LogP contribution in [0.25, 0.3) is 0 Å². The van der Waals surface area contributed by atoms with Gasteiger partial charge in [-0.1, -0.05) is 30.7 Å². The number of ether oxygens (including phenoxy) is 2. The van der Waals surface area contributed by atoms with E-state index < -0.39 is 0 Å². The summed E-state index contributed by atoms with van der Waals surface area (Å²) in [5, 5.41) is 6.28. The van der Waals surface area contributed by atoms with E-state index in [4.69, 9.17) is 9.47 Å². The molecular weight excluding hydrogens is 340 g/mol. The fourth-order valence-electron chi connectivity index (χ4n) is 2.46. The van der Waals surface area contributed by atoms with Crippen LogP contribution in [0.2, 0.25) is 0 Å². The summed E-state index contributed by atoms with van der Waals surface area (Å²) in [7, 11) is 0. The highest BCUT2D eigenvalue weighted by Gasteiger charge is 2.10. The average molecular weight is 370 g/mol. The lowest BCUT2D eigenvalue weighted by molar-refractivity contribution is -0.118. The highest BCUT2D eigenvalue weighted by molar-refractivity contribution is 5.91. The van der Waals surface area contributed by atoms with Crippen LogP contribution in [0, 0.1) is 6.92 Å². The van der Waals surface area contributed by atoms with Gasteiger partial charge in [0.1, 0.15) is 0 Å².